The molecule has 3 aliphatic rings. The Morgan fingerprint density at radius 1 is 1.12 bits per heavy atom. The molecule has 1 aliphatic carbocycles. The van der Waals surface area contributed by atoms with Gasteiger partial charge in [-0.05, 0) is 13.8 Å². The SMILES string of the molecule is CO[C@@H]1O[C@H](CNC2=CC(=O)c3ccccc3C2=O)[C@H]2OC(C)(C)O[C@@H]12. The predicted octanol–water partition coefficient (Wildman–Crippen LogP) is 1.43. The van der Waals surface area contributed by atoms with Gasteiger partial charge in [0.25, 0.3) is 0 Å². The van der Waals surface area contributed by atoms with E-state index in [1.165, 1.54) is 6.08 Å². The molecule has 26 heavy (non-hydrogen) atoms. The Labute approximate surface area is 151 Å². The van der Waals surface area contributed by atoms with Crippen LogP contribution in [0.2, 0.25) is 0 Å². The van der Waals surface area contributed by atoms with Crippen LogP contribution in [0.1, 0.15) is 34.6 Å². The summed E-state index contributed by atoms with van der Waals surface area (Å²) in [5, 5.41) is 3.04. The van der Waals surface area contributed by atoms with Gasteiger partial charge in [-0.15, -0.1) is 0 Å². The smallest absolute Gasteiger partial charge is 0.209 e. The van der Waals surface area contributed by atoms with Crippen molar-refractivity contribution in [2.45, 2.75) is 44.2 Å². The molecule has 2 aliphatic heterocycles. The van der Waals surface area contributed by atoms with Crippen molar-refractivity contribution in [1.82, 2.24) is 5.32 Å². The summed E-state index contributed by atoms with van der Waals surface area (Å²) >= 11 is 0. The zero-order chi connectivity index (χ0) is 18.5. The normalized spacial score (nSPS) is 32.2. The topological polar surface area (TPSA) is 83.1 Å². The van der Waals surface area contributed by atoms with Gasteiger partial charge in [-0.3, -0.25) is 9.59 Å². The fourth-order valence-corrected chi connectivity index (χ4v) is 3.65. The van der Waals surface area contributed by atoms with Crippen molar-refractivity contribution in [3.05, 3.63) is 47.2 Å². The van der Waals surface area contributed by atoms with Crippen molar-refractivity contribution in [2.24, 2.45) is 0 Å². The number of allylic oxidation sites excluding steroid dienone is 2. The van der Waals surface area contributed by atoms with Crippen LogP contribution in [-0.2, 0) is 18.9 Å². The predicted molar refractivity (Wildman–Crippen MR) is 90.7 cm³/mol. The quantitative estimate of drug-likeness (QED) is 0.871. The van der Waals surface area contributed by atoms with E-state index in [9.17, 15) is 9.59 Å². The molecule has 0 unspecified atom stereocenters. The molecular weight excluding hydrogens is 338 g/mol. The average molecular weight is 359 g/mol. The van der Waals surface area contributed by atoms with Gasteiger partial charge >= 0.3 is 0 Å². The van der Waals surface area contributed by atoms with E-state index in [1.54, 1.807) is 31.4 Å². The highest BCUT2D eigenvalue weighted by Crippen LogP contribution is 2.38. The fraction of sp³-hybridized carbons (Fsp3) is 0.474. The number of rotatable bonds is 4. The Balaban J connectivity index is 1.48. The molecule has 4 rings (SSSR count). The van der Waals surface area contributed by atoms with E-state index in [0.29, 0.717) is 17.7 Å². The summed E-state index contributed by atoms with van der Waals surface area (Å²) in [6.45, 7) is 3.98. The minimum absolute atomic E-state index is 0.190. The second-order valence-electron chi connectivity index (χ2n) is 7.02. The van der Waals surface area contributed by atoms with Crippen molar-refractivity contribution in [3.63, 3.8) is 0 Å². The van der Waals surface area contributed by atoms with Gasteiger partial charge in [-0.2, -0.15) is 0 Å². The zero-order valence-corrected chi connectivity index (χ0v) is 14.9. The number of ketones is 2. The highest BCUT2D eigenvalue weighted by molar-refractivity contribution is 6.24. The summed E-state index contributed by atoms with van der Waals surface area (Å²) in [5.74, 6) is -1.12. The van der Waals surface area contributed by atoms with E-state index in [2.05, 4.69) is 5.32 Å². The number of benzene rings is 1. The van der Waals surface area contributed by atoms with Crippen LogP contribution < -0.4 is 5.32 Å². The van der Waals surface area contributed by atoms with Crippen molar-refractivity contribution >= 4 is 11.6 Å². The molecule has 0 aromatic heterocycles. The Morgan fingerprint density at radius 3 is 2.54 bits per heavy atom. The number of fused-ring (bicyclic) bond motifs is 2. The molecule has 0 saturated carbocycles. The number of ether oxygens (including phenoxy) is 4. The van der Waals surface area contributed by atoms with Crippen LogP contribution in [0, 0.1) is 0 Å². The van der Waals surface area contributed by atoms with Gasteiger partial charge in [-0.25, -0.2) is 0 Å². The number of Topliss-reactive ketones (excluding diaryl/α,β-unsaturated/α-hetero) is 1. The van der Waals surface area contributed by atoms with Gasteiger partial charge in [0.2, 0.25) is 5.78 Å². The van der Waals surface area contributed by atoms with Crippen LogP contribution in [0.15, 0.2) is 36.0 Å². The maximum absolute atomic E-state index is 12.6. The molecule has 7 nitrogen and oxygen atoms in total. The van der Waals surface area contributed by atoms with Gasteiger partial charge in [0.05, 0.1) is 5.70 Å². The highest BCUT2D eigenvalue weighted by atomic mass is 16.8. The van der Waals surface area contributed by atoms with E-state index < -0.39 is 12.1 Å². The number of nitrogens with one attached hydrogen (secondary N) is 1. The standard InChI is InChI=1S/C19H21NO6/c1-19(2)25-16-14(24-18(23-3)17(16)26-19)9-20-12-8-13(21)10-6-4-5-7-11(10)15(12)22/h4-8,14,16-18,20H,9H2,1-3H3/t14-,16-,17-,18-/m1/s1. The minimum atomic E-state index is -0.719. The summed E-state index contributed by atoms with van der Waals surface area (Å²) in [5.41, 5.74) is 1.09. The van der Waals surface area contributed by atoms with Crippen LogP contribution in [0.5, 0.6) is 0 Å². The largest absolute Gasteiger partial charge is 0.379 e. The van der Waals surface area contributed by atoms with Crippen LogP contribution in [-0.4, -0.2) is 55.6 Å². The Hall–Kier alpha value is -2.06. The van der Waals surface area contributed by atoms with Crippen LogP contribution >= 0.6 is 0 Å². The highest BCUT2D eigenvalue weighted by Gasteiger charge is 2.55. The van der Waals surface area contributed by atoms with Gasteiger partial charge in [0, 0.05) is 30.9 Å². The zero-order valence-electron chi connectivity index (χ0n) is 14.9. The Bertz CT molecular complexity index is 786. The van der Waals surface area contributed by atoms with Gasteiger partial charge in [-0.1, -0.05) is 24.3 Å². The fourth-order valence-electron chi connectivity index (χ4n) is 3.65. The molecule has 2 fully saturated rings. The Kier molecular flexibility index (Phi) is 4.19. The summed E-state index contributed by atoms with van der Waals surface area (Å²) < 4.78 is 22.9. The summed E-state index contributed by atoms with van der Waals surface area (Å²) in [6.07, 6.45) is -0.217. The third-order valence-electron chi connectivity index (χ3n) is 4.79. The van der Waals surface area contributed by atoms with Gasteiger partial charge in [0.1, 0.15) is 18.3 Å². The molecule has 1 N–H and O–H groups in total. The molecule has 1 aromatic rings. The first-order valence-corrected chi connectivity index (χ1v) is 8.57. The lowest BCUT2D eigenvalue weighted by Gasteiger charge is -2.24. The molecule has 0 radical (unpaired) electrons. The first-order chi connectivity index (χ1) is 12.4. The van der Waals surface area contributed by atoms with Crippen LogP contribution in [0.3, 0.4) is 0 Å². The molecule has 138 valence electrons. The third kappa shape index (κ3) is 2.87. The molecule has 7 heteroatoms. The number of methoxy groups -OCH3 is 1. The van der Waals surface area contributed by atoms with E-state index in [-0.39, 0.29) is 35.6 Å². The first-order valence-electron chi connectivity index (χ1n) is 8.57. The number of carbonyl (C=O) groups excluding carboxylic acids is 2. The minimum Gasteiger partial charge on any atom is -0.379 e. The molecule has 0 spiro atoms. The molecule has 2 heterocycles. The third-order valence-corrected chi connectivity index (χ3v) is 4.79. The second kappa shape index (κ2) is 6.28. The molecule has 0 amide bonds. The van der Waals surface area contributed by atoms with Crippen molar-refractivity contribution in [2.75, 3.05) is 13.7 Å². The Morgan fingerprint density at radius 2 is 1.81 bits per heavy atom. The van der Waals surface area contributed by atoms with Gasteiger partial charge in [0.15, 0.2) is 17.9 Å². The van der Waals surface area contributed by atoms with Crippen molar-refractivity contribution in [1.29, 1.82) is 0 Å². The lowest BCUT2D eigenvalue weighted by molar-refractivity contribution is -0.226. The first kappa shape index (κ1) is 17.4. The summed E-state index contributed by atoms with van der Waals surface area (Å²) in [6, 6.07) is 6.80. The number of hydrogen-bond acceptors (Lipinski definition) is 7. The van der Waals surface area contributed by atoms with Crippen LogP contribution in [0.4, 0.5) is 0 Å². The molecule has 1 aromatic carbocycles. The average Bonchev–Trinajstić information content (AvgIpc) is 3.10. The van der Waals surface area contributed by atoms with E-state index in [4.69, 9.17) is 18.9 Å². The van der Waals surface area contributed by atoms with Crippen molar-refractivity contribution < 1.29 is 28.5 Å². The maximum atomic E-state index is 12.6. The molecule has 0 bridgehead atoms. The lowest BCUT2D eigenvalue weighted by atomic mass is 9.92. The summed E-state index contributed by atoms with van der Waals surface area (Å²) in [4.78, 5) is 24.9. The van der Waals surface area contributed by atoms with Crippen LogP contribution in [0.25, 0.3) is 0 Å². The van der Waals surface area contributed by atoms with Crippen molar-refractivity contribution in [3.8, 4) is 0 Å². The maximum Gasteiger partial charge on any atom is 0.209 e. The number of hydrogen-bond donors (Lipinski definition) is 1. The van der Waals surface area contributed by atoms with E-state index >= 15 is 0 Å². The lowest BCUT2D eigenvalue weighted by Crippen LogP contribution is -2.39. The monoisotopic (exact) mass is 359 g/mol. The van der Waals surface area contributed by atoms with E-state index in [1.807, 2.05) is 13.8 Å². The molecular formula is C19H21NO6. The molecule has 2 saturated heterocycles. The molecule has 4 atom stereocenters. The van der Waals surface area contributed by atoms with Gasteiger partial charge < -0.3 is 24.3 Å². The summed E-state index contributed by atoms with van der Waals surface area (Å²) in [7, 11) is 1.55. The second-order valence-corrected chi connectivity index (χ2v) is 7.02. The van der Waals surface area contributed by atoms with E-state index in [0.717, 1.165) is 0 Å². The number of carbonyl (C=O) groups is 2.